The van der Waals surface area contributed by atoms with E-state index in [9.17, 15) is 4.79 Å². The lowest BCUT2D eigenvalue weighted by Gasteiger charge is -2.38. The Bertz CT molecular complexity index is 962. The Morgan fingerprint density at radius 2 is 1.93 bits per heavy atom. The Labute approximate surface area is 162 Å². The summed E-state index contributed by atoms with van der Waals surface area (Å²) in [4.78, 5) is 24.9. The highest BCUT2D eigenvalue weighted by Gasteiger charge is 2.47. The van der Waals surface area contributed by atoms with Crippen molar-refractivity contribution >= 4 is 17.2 Å². The van der Waals surface area contributed by atoms with E-state index in [1.807, 2.05) is 30.5 Å². The van der Waals surface area contributed by atoms with Crippen molar-refractivity contribution in [2.45, 2.75) is 24.9 Å². The van der Waals surface area contributed by atoms with Gasteiger partial charge in [0.1, 0.15) is 9.88 Å². The van der Waals surface area contributed by atoms with Gasteiger partial charge in [0.2, 0.25) is 0 Å². The molecule has 0 bridgehead atoms. The van der Waals surface area contributed by atoms with Crippen LogP contribution in [0.3, 0.4) is 0 Å². The van der Waals surface area contributed by atoms with Gasteiger partial charge >= 0.3 is 0 Å². The summed E-state index contributed by atoms with van der Waals surface area (Å²) in [6, 6.07) is 14.2. The van der Waals surface area contributed by atoms with Gasteiger partial charge in [0.15, 0.2) is 0 Å². The maximum atomic E-state index is 12.6. The number of nitrogens with one attached hydrogen (secondary N) is 1. The van der Waals surface area contributed by atoms with Gasteiger partial charge in [-0.1, -0.05) is 36.4 Å². The summed E-state index contributed by atoms with van der Waals surface area (Å²) in [6.07, 6.45) is 5.51. The molecule has 0 radical (unpaired) electrons. The van der Waals surface area contributed by atoms with Crippen LogP contribution in [0.4, 0.5) is 0 Å². The van der Waals surface area contributed by atoms with E-state index < -0.39 is 0 Å². The molecule has 6 heteroatoms. The lowest BCUT2D eigenvalue weighted by Crippen LogP contribution is -2.49. The van der Waals surface area contributed by atoms with Crippen molar-refractivity contribution in [3.05, 3.63) is 71.0 Å². The van der Waals surface area contributed by atoms with Gasteiger partial charge in [-0.15, -0.1) is 11.3 Å². The summed E-state index contributed by atoms with van der Waals surface area (Å²) in [6.45, 7) is 2.77. The van der Waals surface area contributed by atoms with Crippen LogP contribution in [0.5, 0.6) is 0 Å². The number of likely N-dealkylation sites (tertiary alicyclic amines) is 1. The van der Waals surface area contributed by atoms with Crippen molar-refractivity contribution in [1.29, 1.82) is 0 Å². The van der Waals surface area contributed by atoms with E-state index in [2.05, 4.69) is 33.4 Å². The third-order valence-corrected chi connectivity index (χ3v) is 6.60. The number of amides is 1. The van der Waals surface area contributed by atoms with Crippen molar-refractivity contribution < 1.29 is 4.79 Å². The second kappa shape index (κ2) is 6.55. The molecule has 0 aliphatic carbocycles. The minimum atomic E-state index is -0.304. The number of benzene rings is 1. The number of carbonyl (C=O) groups excluding carboxylic acids is 1. The molecule has 0 atom stereocenters. The van der Waals surface area contributed by atoms with Gasteiger partial charge in [0.05, 0.1) is 11.2 Å². The number of fused-ring (bicyclic) bond motifs is 2. The van der Waals surface area contributed by atoms with Gasteiger partial charge in [0.25, 0.3) is 5.91 Å². The van der Waals surface area contributed by atoms with E-state index in [-0.39, 0.29) is 11.4 Å². The first-order valence-corrected chi connectivity index (χ1v) is 10.1. The molecular weight excluding hydrogens is 356 g/mol. The maximum Gasteiger partial charge on any atom is 0.264 e. The molecule has 2 aliphatic heterocycles. The summed E-state index contributed by atoms with van der Waals surface area (Å²) in [5, 5.41) is 4.19. The molecule has 3 aromatic rings. The number of piperidine rings is 1. The molecule has 4 heterocycles. The SMILES string of the molecule is O=C1NC2(CCN(Cc3cccnc3)CC2)c2nc(-c3ccccc3)sc21. The van der Waals surface area contributed by atoms with Gasteiger partial charge < -0.3 is 5.32 Å². The number of carbonyl (C=O) groups is 1. The van der Waals surface area contributed by atoms with Gasteiger partial charge in [-0.05, 0) is 24.5 Å². The van der Waals surface area contributed by atoms with Gasteiger partial charge in [-0.25, -0.2) is 4.98 Å². The first kappa shape index (κ1) is 16.6. The molecule has 27 heavy (non-hydrogen) atoms. The standard InChI is InChI=1S/C21H20N4OS/c26-19-17-18(23-20(27-17)16-6-2-1-3-7-16)21(24-19)8-11-25(12-9-21)14-15-5-4-10-22-13-15/h1-7,10,13H,8-9,11-12,14H2,(H,24,26). The first-order chi connectivity index (χ1) is 13.2. The maximum absolute atomic E-state index is 12.6. The largest absolute Gasteiger partial charge is 0.340 e. The molecule has 5 nitrogen and oxygen atoms in total. The fourth-order valence-corrected chi connectivity index (χ4v) is 5.11. The predicted octanol–water partition coefficient (Wildman–Crippen LogP) is 3.44. The van der Waals surface area contributed by atoms with Gasteiger partial charge in [0, 0.05) is 37.6 Å². The van der Waals surface area contributed by atoms with E-state index in [0.29, 0.717) is 0 Å². The highest BCUT2D eigenvalue weighted by molar-refractivity contribution is 7.17. The fraction of sp³-hybridized carbons (Fsp3) is 0.286. The highest BCUT2D eigenvalue weighted by Crippen LogP contribution is 2.43. The summed E-state index contributed by atoms with van der Waals surface area (Å²) >= 11 is 1.51. The summed E-state index contributed by atoms with van der Waals surface area (Å²) < 4.78 is 0. The molecular formula is C21H20N4OS. The molecule has 1 N–H and O–H groups in total. The van der Waals surface area contributed by atoms with Crippen molar-refractivity contribution in [3.8, 4) is 10.6 Å². The minimum absolute atomic E-state index is 0.0328. The van der Waals surface area contributed by atoms with E-state index in [4.69, 9.17) is 4.98 Å². The van der Waals surface area contributed by atoms with Crippen LogP contribution in [0, 0.1) is 0 Å². The lowest BCUT2D eigenvalue weighted by molar-refractivity contribution is 0.0854. The minimum Gasteiger partial charge on any atom is -0.340 e. The van der Waals surface area contributed by atoms with Crippen LogP contribution in [0.1, 0.15) is 33.8 Å². The molecule has 1 saturated heterocycles. The average Bonchev–Trinajstić information content (AvgIpc) is 3.26. The number of thiazole rings is 1. The average molecular weight is 376 g/mol. The Balaban J connectivity index is 1.37. The Morgan fingerprint density at radius 3 is 2.67 bits per heavy atom. The highest BCUT2D eigenvalue weighted by atomic mass is 32.1. The molecule has 2 aromatic heterocycles. The van der Waals surface area contributed by atoms with Crippen molar-refractivity contribution in [1.82, 2.24) is 20.2 Å². The van der Waals surface area contributed by atoms with E-state index >= 15 is 0 Å². The van der Waals surface area contributed by atoms with Crippen molar-refractivity contribution in [3.63, 3.8) is 0 Å². The summed E-state index contributed by atoms with van der Waals surface area (Å²) in [7, 11) is 0. The summed E-state index contributed by atoms with van der Waals surface area (Å²) in [5.74, 6) is 0.0328. The number of rotatable bonds is 3. The second-order valence-corrected chi connectivity index (χ2v) is 8.24. The van der Waals surface area contributed by atoms with Crippen LogP contribution in [0.15, 0.2) is 54.9 Å². The van der Waals surface area contributed by atoms with E-state index in [1.165, 1.54) is 16.9 Å². The number of aromatic nitrogens is 2. The number of hydrogen-bond acceptors (Lipinski definition) is 5. The van der Waals surface area contributed by atoms with Crippen molar-refractivity contribution in [2.75, 3.05) is 13.1 Å². The third-order valence-electron chi connectivity index (χ3n) is 5.50. The zero-order valence-corrected chi connectivity index (χ0v) is 15.7. The molecule has 1 amide bonds. The molecule has 1 aromatic carbocycles. The molecule has 1 spiro atoms. The third kappa shape index (κ3) is 2.95. The molecule has 2 aliphatic rings. The molecule has 5 rings (SSSR count). The zero-order chi connectivity index (χ0) is 18.3. The molecule has 0 unspecified atom stereocenters. The molecule has 0 saturated carbocycles. The zero-order valence-electron chi connectivity index (χ0n) is 14.9. The fourth-order valence-electron chi connectivity index (χ4n) is 4.04. The van der Waals surface area contributed by atoms with Crippen LogP contribution in [-0.4, -0.2) is 33.9 Å². The van der Waals surface area contributed by atoms with Crippen molar-refractivity contribution in [2.24, 2.45) is 0 Å². The van der Waals surface area contributed by atoms with Gasteiger partial charge in [-0.3, -0.25) is 14.7 Å². The van der Waals surface area contributed by atoms with E-state index in [0.717, 1.165) is 53.6 Å². The predicted molar refractivity (Wildman–Crippen MR) is 105 cm³/mol. The lowest BCUT2D eigenvalue weighted by atomic mass is 9.86. The Kier molecular flexibility index (Phi) is 4.02. The van der Waals surface area contributed by atoms with Crippen LogP contribution in [-0.2, 0) is 12.1 Å². The number of nitrogens with zero attached hydrogens (tertiary/aromatic N) is 3. The number of hydrogen-bond donors (Lipinski definition) is 1. The van der Waals surface area contributed by atoms with Crippen LogP contribution < -0.4 is 5.32 Å². The second-order valence-electron chi connectivity index (χ2n) is 7.24. The topological polar surface area (TPSA) is 58.1 Å². The quantitative estimate of drug-likeness (QED) is 0.761. The van der Waals surface area contributed by atoms with Crippen LogP contribution >= 0.6 is 11.3 Å². The smallest absolute Gasteiger partial charge is 0.264 e. The molecule has 1 fully saturated rings. The molecule has 136 valence electrons. The number of pyridine rings is 1. The summed E-state index contributed by atoms with van der Waals surface area (Å²) in [5.41, 5.74) is 2.96. The van der Waals surface area contributed by atoms with Crippen LogP contribution in [0.25, 0.3) is 10.6 Å². The Hall–Kier alpha value is -2.57. The van der Waals surface area contributed by atoms with Crippen LogP contribution in [0.2, 0.25) is 0 Å². The van der Waals surface area contributed by atoms with E-state index in [1.54, 1.807) is 6.20 Å². The monoisotopic (exact) mass is 376 g/mol. The first-order valence-electron chi connectivity index (χ1n) is 9.24. The normalized spacial score (nSPS) is 18.4. The van der Waals surface area contributed by atoms with Gasteiger partial charge in [-0.2, -0.15) is 0 Å². The Morgan fingerprint density at radius 1 is 1.11 bits per heavy atom.